The molecule has 0 aliphatic rings. The Morgan fingerprint density at radius 1 is 0.931 bits per heavy atom. The van der Waals surface area contributed by atoms with Crippen molar-refractivity contribution in [3.63, 3.8) is 0 Å². The summed E-state index contributed by atoms with van der Waals surface area (Å²) in [7, 11) is 0. The quantitative estimate of drug-likeness (QED) is 0.523. The van der Waals surface area contributed by atoms with Crippen LogP contribution in [0.15, 0.2) is 84.9 Å². The van der Waals surface area contributed by atoms with Crippen molar-refractivity contribution in [3.8, 4) is 5.75 Å². The minimum Gasteiger partial charge on any atom is -0.489 e. The van der Waals surface area contributed by atoms with Crippen LogP contribution in [0.1, 0.15) is 16.7 Å². The number of hydrogen-bond donors (Lipinski definition) is 1. The van der Waals surface area contributed by atoms with Crippen LogP contribution in [0.25, 0.3) is 6.08 Å². The minimum absolute atomic E-state index is 0.0782. The van der Waals surface area contributed by atoms with E-state index in [4.69, 9.17) is 4.74 Å². The molecule has 0 fully saturated rings. The number of hydrogen-bond acceptors (Lipinski definition) is 2. The normalized spacial score (nSPS) is 11.4. The smallest absolute Gasteiger partial charge is 0.416 e. The van der Waals surface area contributed by atoms with Gasteiger partial charge in [-0.25, -0.2) is 0 Å². The van der Waals surface area contributed by atoms with Crippen LogP contribution in [0.3, 0.4) is 0 Å². The van der Waals surface area contributed by atoms with E-state index in [1.54, 1.807) is 24.3 Å². The molecule has 3 nitrogen and oxygen atoms in total. The van der Waals surface area contributed by atoms with Gasteiger partial charge in [0.25, 0.3) is 0 Å². The zero-order valence-electron chi connectivity index (χ0n) is 15.3. The standard InChI is InChI=1S/C23H18F3NO2/c24-23(25,26)19-9-5-10-20(15-19)27-22(28)13-12-17-8-4-11-21(14-17)29-16-18-6-2-1-3-7-18/h1-15H,16H2,(H,27,28)/b13-12+. The Morgan fingerprint density at radius 2 is 1.69 bits per heavy atom. The van der Waals surface area contributed by atoms with Gasteiger partial charge in [-0.3, -0.25) is 4.79 Å². The summed E-state index contributed by atoms with van der Waals surface area (Å²) in [6.07, 6.45) is -1.63. The average Bonchev–Trinajstić information content (AvgIpc) is 2.71. The minimum atomic E-state index is -4.46. The molecule has 0 aliphatic heterocycles. The van der Waals surface area contributed by atoms with E-state index in [0.717, 1.165) is 23.3 Å². The summed E-state index contributed by atoms with van der Waals surface area (Å²) < 4.78 is 44.0. The molecule has 0 bridgehead atoms. The number of halogens is 3. The SMILES string of the molecule is O=C(/C=C/c1cccc(OCc2ccccc2)c1)Nc1cccc(C(F)(F)F)c1. The third kappa shape index (κ3) is 6.24. The molecule has 0 atom stereocenters. The lowest BCUT2D eigenvalue weighted by atomic mass is 10.2. The van der Waals surface area contributed by atoms with E-state index < -0.39 is 17.6 Å². The third-order valence-corrected chi connectivity index (χ3v) is 3.99. The number of amides is 1. The molecule has 1 N–H and O–H groups in total. The van der Waals surface area contributed by atoms with Gasteiger partial charge in [0.15, 0.2) is 0 Å². The number of anilines is 1. The molecular formula is C23H18F3NO2. The summed E-state index contributed by atoms with van der Waals surface area (Å²) in [4.78, 5) is 12.0. The summed E-state index contributed by atoms with van der Waals surface area (Å²) in [6, 6.07) is 21.4. The first-order valence-corrected chi connectivity index (χ1v) is 8.83. The third-order valence-electron chi connectivity index (χ3n) is 3.99. The number of carbonyl (C=O) groups excluding carboxylic acids is 1. The van der Waals surface area contributed by atoms with Gasteiger partial charge in [-0.2, -0.15) is 13.2 Å². The lowest BCUT2D eigenvalue weighted by molar-refractivity contribution is -0.137. The number of nitrogens with one attached hydrogen (secondary N) is 1. The molecule has 1 amide bonds. The van der Waals surface area contributed by atoms with Crippen LogP contribution in [0.4, 0.5) is 18.9 Å². The Balaban J connectivity index is 1.60. The predicted molar refractivity (Wildman–Crippen MR) is 106 cm³/mol. The maximum absolute atomic E-state index is 12.7. The first-order chi connectivity index (χ1) is 13.9. The van der Waals surface area contributed by atoms with E-state index in [0.29, 0.717) is 12.4 Å². The second-order valence-corrected chi connectivity index (χ2v) is 6.25. The molecule has 0 heterocycles. The van der Waals surface area contributed by atoms with Gasteiger partial charge in [0.2, 0.25) is 5.91 Å². The Kier molecular flexibility index (Phi) is 6.34. The fourth-order valence-corrected chi connectivity index (χ4v) is 2.58. The fraction of sp³-hybridized carbons (Fsp3) is 0.0870. The lowest BCUT2D eigenvalue weighted by Gasteiger charge is -2.09. The van der Waals surface area contributed by atoms with Gasteiger partial charge in [0, 0.05) is 11.8 Å². The molecule has 0 radical (unpaired) electrons. The van der Waals surface area contributed by atoms with Crippen molar-refractivity contribution < 1.29 is 22.7 Å². The second-order valence-electron chi connectivity index (χ2n) is 6.25. The highest BCUT2D eigenvalue weighted by Crippen LogP contribution is 2.30. The molecule has 0 aromatic heterocycles. The van der Waals surface area contributed by atoms with Crippen molar-refractivity contribution in [2.75, 3.05) is 5.32 Å². The number of rotatable bonds is 6. The highest BCUT2D eigenvalue weighted by atomic mass is 19.4. The number of carbonyl (C=O) groups is 1. The van der Waals surface area contributed by atoms with E-state index >= 15 is 0 Å². The summed E-state index contributed by atoms with van der Waals surface area (Å²) in [5.74, 6) is 0.120. The molecule has 0 unspecified atom stereocenters. The molecule has 0 spiro atoms. The van der Waals surface area contributed by atoms with Gasteiger partial charge in [0.05, 0.1) is 5.56 Å². The zero-order valence-corrected chi connectivity index (χ0v) is 15.3. The monoisotopic (exact) mass is 397 g/mol. The van der Waals surface area contributed by atoms with Crippen molar-refractivity contribution >= 4 is 17.7 Å². The predicted octanol–water partition coefficient (Wildman–Crippen LogP) is 5.94. The van der Waals surface area contributed by atoms with Crippen LogP contribution in [-0.4, -0.2) is 5.91 Å². The van der Waals surface area contributed by atoms with Crippen LogP contribution in [0, 0.1) is 0 Å². The Bertz CT molecular complexity index is 998. The lowest BCUT2D eigenvalue weighted by Crippen LogP contribution is -2.10. The first-order valence-electron chi connectivity index (χ1n) is 8.83. The van der Waals surface area contributed by atoms with Gasteiger partial charge >= 0.3 is 6.18 Å². The summed E-state index contributed by atoms with van der Waals surface area (Å²) in [6.45, 7) is 0.421. The van der Waals surface area contributed by atoms with Crippen molar-refractivity contribution in [2.24, 2.45) is 0 Å². The first kappa shape index (κ1) is 20.2. The van der Waals surface area contributed by atoms with Gasteiger partial charge in [-0.15, -0.1) is 0 Å². The summed E-state index contributed by atoms with van der Waals surface area (Å²) >= 11 is 0. The molecule has 0 aliphatic carbocycles. The van der Waals surface area contributed by atoms with Crippen molar-refractivity contribution in [3.05, 3.63) is 102 Å². The van der Waals surface area contributed by atoms with E-state index in [1.165, 1.54) is 18.2 Å². The Hall–Kier alpha value is -3.54. The van der Waals surface area contributed by atoms with Gasteiger partial charge < -0.3 is 10.1 Å². The zero-order chi connectivity index (χ0) is 20.7. The highest BCUT2D eigenvalue weighted by Gasteiger charge is 2.30. The second kappa shape index (κ2) is 9.10. The molecule has 0 saturated carbocycles. The molecule has 148 valence electrons. The molecule has 3 rings (SSSR count). The summed E-state index contributed by atoms with van der Waals surface area (Å²) in [5.41, 5.74) is 1.03. The number of alkyl halides is 3. The topological polar surface area (TPSA) is 38.3 Å². The average molecular weight is 397 g/mol. The number of benzene rings is 3. The Morgan fingerprint density at radius 3 is 2.45 bits per heavy atom. The van der Waals surface area contributed by atoms with E-state index in [1.807, 2.05) is 36.4 Å². The molecule has 3 aromatic rings. The molecule has 6 heteroatoms. The van der Waals surface area contributed by atoms with Crippen LogP contribution < -0.4 is 10.1 Å². The van der Waals surface area contributed by atoms with Crippen molar-refractivity contribution in [1.29, 1.82) is 0 Å². The highest BCUT2D eigenvalue weighted by molar-refractivity contribution is 6.02. The van der Waals surface area contributed by atoms with Crippen LogP contribution in [-0.2, 0) is 17.6 Å². The van der Waals surface area contributed by atoms with Gasteiger partial charge in [0.1, 0.15) is 12.4 Å². The van der Waals surface area contributed by atoms with Crippen molar-refractivity contribution in [2.45, 2.75) is 12.8 Å². The van der Waals surface area contributed by atoms with Crippen LogP contribution in [0.2, 0.25) is 0 Å². The Labute approximate surface area is 166 Å². The fourth-order valence-electron chi connectivity index (χ4n) is 2.58. The van der Waals surface area contributed by atoms with Gasteiger partial charge in [-0.05, 0) is 47.5 Å². The number of ether oxygens (including phenoxy) is 1. The molecule has 0 saturated heterocycles. The molecule has 3 aromatic carbocycles. The summed E-state index contributed by atoms with van der Waals surface area (Å²) in [5, 5.41) is 2.43. The maximum Gasteiger partial charge on any atom is 0.416 e. The van der Waals surface area contributed by atoms with Crippen molar-refractivity contribution in [1.82, 2.24) is 0 Å². The van der Waals surface area contributed by atoms with Crippen LogP contribution >= 0.6 is 0 Å². The van der Waals surface area contributed by atoms with E-state index in [-0.39, 0.29) is 5.69 Å². The molecular weight excluding hydrogens is 379 g/mol. The molecule has 29 heavy (non-hydrogen) atoms. The van der Waals surface area contributed by atoms with Crippen LogP contribution in [0.5, 0.6) is 5.75 Å². The largest absolute Gasteiger partial charge is 0.489 e. The maximum atomic E-state index is 12.7. The van der Waals surface area contributed by atoms with E-state index in [2.05, 4.69) is 5.32 Å². The van der Waals surface area contributed by atoms with E-state index in [9.17, 15) is 18.0 Å². The van der Waals surface area contributed by atoms with Gasteiger partial charge in [-0.1, -0.05) is 48.5 Å².